The molecule has 0 N–H and O–H groups in total. The number of aryl methyl sites for hydroxylation is 1. The van der Waals surface area contributed by atoms with Gasteiger partial charge in [0.1, 0.15) is 12.0 Å². The zero-order valence-corrected chi connectivity index (χ0v) is 7.04. The van der Waals surface area contributed by atoms with Crippen molar-refractivity contribution in [1.82, 2.24) is 5.16 Å². The summed E-state index contributed by atoms with van der Waals surface area (Å²) in [5.41, 5.74) is 2.02. The fourth-order valence-corrected chi connectivity index (χ4v) is 1.42. The predicted molar refractivity (Wildman–Crippen MR) is 43.0 cm³/mol. The monoisotopic (exact) mass is 165 g/mol. The second-order valence-electron chi connectivity index (χ2n) is 3.25. The number of carbonyl (C=O) groups is 1. The van der Waals surface area contributed by atoms with Crippen molar-refractivity contribution in [3.05, 3.63) is 17.0 Å². The van der Waals surface area contributed by atoms with Crippen molar-refractivity contribution in [3.8, 4) is 0 Å². The van der Waals surface area contributed by atoms with E-state index in [1.54, 1.807) is 0 Å². The van der Waals surface area contributed by atoms with Crippen LogP contribution in [0.3, 0.4) is 0 Å². The molecule has 1 aliphatic rings. The highest BCUT2D eigenvalue weighted by Crippen LogP contribution is 2.41. The van der Waals surface area contributed by atoms with Gasteiger partial charge in [-0.2, -0.15) is 0 Å². The molecule has 2 rings (SSSR count). The Bertz CT molecular complexity index is 299. The van der Waals surface area contributed by atoms with E-state index in [0.29, 0.717) is 12.3 Å². The van der Waals surface area contributed by atoms with Gasteiger partial charge in [-0.3, -0.25) is 0 Å². The maximum absolute atomic E-state index is 10.4. The third-order valence-corrected chi connectivity index (χ3v) is 2.27. The second kappa shape index (κ2) is 2.73. The van der Waals surface area contributed by atoms with Gasteiger partial charge >= 0.3 is 0 Å². The van der Waals surface area contributed by atoms with Crippen molar-refractivity contribution < 1.29 is 9.32 Å². The van der Waals surface area contributed by atoms with E-state index >= 15 is 0 Å². The van der Waals surface area contributed by atoms with Gasteiger partial charge in [0.15, 0.2) is 0 Å². The molecule has 0 saturated heterocycles. The SMILES string of the molecule is Cc1onc(C2CC2)c1CC=O. The molecule has 12 heavy (non-hydrogen) atoms. The second-order valence-corrected chi connectivity index (χ2v) is 3.25. The van der Waals surface area contributed by atoms with Gasteiger partial charge in [-0.25, -0.2) is 0 Å². The molecule has 0 aromatic carbocycles. The molecule has 3 heteroatoms. The van der Waals surface area contributed by atoms with Crippen LogP contribution in [0.25, 0.3) is 0 Å². The van der Waals surface area contributed by atoms with Crippen molar-refractivity contribution in [2.45, 2.75) is 32.1 Å². The minimum absolute atomic E-state index is 0.446. The number of hydrogen-bond donors (Lipinski definition) is 0. The summed E-state index contributed by atoms with van der Waals surface area (Å²) in [5, 5.41) is 3.96. The smallest absolute Gasteiger partial charge is 0.137 e. The molecule has 1 saturated carbocycles. The summed E-state index contributed by atoms with van der Waals surface area (Å²) >= 11 is 0. The number of aromatic nitrogens is 1. The first-order valence-electron chi connectivity index (χ1n) is 4.21. The number of hydrogen-bond acceptors (Lipinski definition) is 3. The first kappa shape index (κ1) is 7.53. The first-order valence-corrected chi connectivity index (χ1v) is 4.21. The summed E-state index contributed by atoms with van der Waals surface area (Å²) in [6.07, 6.45) is 3.74. The van der Waals surface area contributed by atoms with Crippen LogP contribution in [0.1, 0.15) is 35.8 Å². The average Bonchev–Trinajstić information content (AvgIpc) is 2.82. The Morgan fingerprint density at radius 3 is 3.00 bits per heavy atom. The zero-order chi connectivity index (χ0) is 8.55. The van der Waals surface area contributed by atoms with Gasteiger partial charge < -0.3 is 9.32 Å². The fourth-order valence-electron chi connectivity index (χ4n) is 1.42. The highest BCUT2D eigenvalue weighted by Gasteiger charge is 2.30. The normalized spacial score (nSPS) is 16.4. The topological polar surface area (TPSA) is 43.1 Å². The molecule has 1 fully saturated rings. The summed E-state index contributed by atoms with van der Waals surface area (Å²) in [4.78, 5) is 10.4. The fraction of sp³-hybridized carbons (Fsp3) is 0.556. The Morgan fingerprint density at radius 1 is 1.67 bits per heavy atom. The summed E-state index contributed by atoms with van der Waals surface area (Å²) in [6.45, 7) is 1.86. The van der Waals surface area contributed by atoms with Crippen molar-refractivity contribution in [2.24, 2.45) is 0 Å². The highest BCUT2D eigenvalue weighted by molar-refractivity contribution is 5.56. The summed E-state index contributed by atoms with van der Waals surface area (Å²) in [6, 6.07) is 0. The average molecular weight is 165 g/mol. The van der Waals surface area contributed by atoms with Crippen LogP contribution in [0.2, 0.25) is 0 Å². The molecule has 0 bridgehead atoms. The number of aldehydes is 1. The molecule has 0 amide bonds. The Hall–Kier alpha value is -1.12. The Morgan fingerprint density at radius 2 is 2.42 bits per heavy atom. The molecule has 1 heterocycles. The largest absolute Gasteiger partial charge is 0.361 e. The molecule has 0 unspecified atom stereocenters. The van der Waals surface area contributed by atoms with E-state index in [2.05, 4.69) is 5.16 Å². The lowest BCUT2D eigenvalue weighted by Gasteiger charge is -1.93. The van der Waals surface area contributed by atoms with E-state index in [0.717, 1.165) is 23.3 Å². The standard InChI is InChI=1S/C9H11NO2/c1-6-8(4-5-11)9(10-12-6)7-2-3-7/h5,7H,2-4H2,1H3. The third-order valence-electron chi connectivity index (χ3n) is 2.27. The van der Waals surface area contributed by atoms with Crippen LogP contribution in [0.4, 0.5) is 0 Å². The molecule has 0 spiro atoms. The quantitative estimate of drug-likeness (QED) is 0.639. The lowest BCUT2D eigenvalue weighted by molar-refractivity contribution is -0.107. The Balaban J connectivity index is 2.32. The Labute approximate surface area is 70.7 Å². The van der Waals surface area contributed by atoms with E-state index < -0.39 is 0 Å². The van der Waals surface area contributed by atoms with Gasteiger partial charge in [0, 0.05) is 17.9 Å². The van der Waals surface area contributed by atoms with Crippen LogP contribution < -0.4 is 0 Å². The van der Waals surface area contributed by atoms with Crippen molar-refractivity contribution in [1.29, 1.82) is 0 Å². The maximum atomic E-state index is 10.4. The lowest BCUT2D eigenvalue weighted by atomic mass is 10.1. The van der Waals surface area contributed by atoms with E-state index in [4.69, 9.17) is 4.52 Å². The van der Waals surface area contributed by atoms with E-state index in [1.807, 2.05) is 6.92 Å². The van der Waals surface area contributed by atoms with Crippen LogP contribution >= 0.6 is 0 Å². The van der Waals surface area contributed by atoms with Gasteiger partial charge in [0.25, 0.3) is 0 Å². The summed E-state index contributed by atoms with van der Waals surface area (Å²) in [7, 11) is 0. The molecule has 64 valence electrons. The van der Waals surface area contributed by atoms with E-state index in [9.17, 15) is 4.79 Å². The number of nitrogens with zero attached hydrogens (tertiary/aromatic N) is 1. The molecule has 0 atom stereocenters. The highest BCUT2D eigenvalue weighted by atomic mass is 16.5. The molecule has 3 nitrogen and oxygen atoms in total. The molecule has 1 aromatic heterocycles. The molecule has 1 aromatic rings. The maximum Gasteiger partial charge on any atom is 0.137 e. The Kier molecular flexibility index (Phi) is 1.71. The summed E-state index contributed by atoms with van der Waals surface area (Å²) in [5.74, 6) is 1.36. The summed E-state index contributed by atoms with van der Waals surface area (Å²) < 4.78 is 5.04. The number of carbonyl (C=O) groups excluding carboxylic acids is 1. The zero-order valence-electron chi connectivity index (χ0n) is 7.04. The van der Waals surface area contributed by atoms with Crippen LogP contribution in [-0.2, 0) is 11.2 Å². The van der Waals surface area contributed by atoms with Crippen LogP contribution in [0.15, 0.2) is 4.52 Å². The van der Waals surface area contributed by atoms with Crippen molar-refractivity contribution in [3.63, 3.8) is 0 Å². The van der Waals surface area contributed by atoms with Crippen molar-refractivity contribution >= 4 is 6.29 Å². The first-order chi connectivity index (χ1) is 5.83. The molecular weight excluding hydrogens is 154 g/mol. The molecule has 1 aliphatic carbocycles. The minimum atomic E-state index is 0.446. The van der Waals surface area contributed by atoms with Gasteiger partial charge in [0.05, 0.1) is 5.69 Å². The van der Waals surface area contributed by atoms with Crippen molar-refractivity contribution in [2.75, 3.05) is 0 Å². The van der Waals surface area contributed by atoms with Crippen LogP contribution in [0.5, 0.6) is 0 Å². The molecule has 0 radical (unpaired) electrons. The third kappa shape index (κ3) is 1.15. The van der Waals surface area contributed by atoms with Gasteiger partial charge in [-0.15, -0.1) is 0 Å². The van der Waals surface area contributed by atoms with Gasteiger partial charge in [0.2, 0.25) is 0 Å². The molecule has 0 aliphatic heterocycles. The van der Waals surface area contributed by atoms with E-state index in [1.165, 1.54) is 12.8 Å². The lowest BCUT2D eigenvalue weighted by Crippen LogP contribution is -1.92. The van der Waals surface area contributed by atoms with Crippen LogP contribution in [-0.4, -0.2) is 11.4 Å². The molecular formula is C9H11NO2. The minimum Gasteiger partial charge on any atom is -0.361 e. The van der Waals surface area contributed by atoms with E-state index in [-0.39, 0.29) is 0 Å². The number of rotatable bonds is 3. The predicted octanol–water partition coefficient (Wildman–Crippen LogP) is 1.60. The van der Waals surface area contributed by atoms with Gasteiger partial charge in [-0.1, -0.05) is 5.16 Å². The van der Waals surface area contributed by atoms with Crippen LogP contribution in [0, 0.1) is 6.92 Å². The van der Waals surface area contributed by atoms with Gasteiger partial charge in [-0.05, 0) is 19.8 Å².